The van der Waals surface area contributed by atoms with Crippen LogP contribution in [0.15, 0.2) is 18.2 Å². The fourth-order valence-corrected chi connectivity index (χ4v) is 3.45. The van der Waals surface area contributed by atoms with Crippen molar-refractivity contribution in [3.8, 4) is 5.75 Å². The van der Waals surface area contributed by atoms with Gasteiger partial charge in [0.15, 0.2) is 0 Å². The van der Waals surface area contributed by atoms with E-state index in [1.807, 2.05) is 13.8 Å². The van der Waals surface area contributed by atoms with E-state index in [9.17, 15) is 9.59 Å². The van der Waals surface area contributed by atoms with Gasteiger partial charge < -0.3 is 19.5 Å². The number of amides is 1. The van der Waals surface area contributed by atoms with Gasteiger partial charge in [0.05, 0.1) is 12.7 Å². The molecule has 1 aromatic carbocycles. The lowest BCUT2D eigenvalue weighted by atomic mass is 9.93. The molecule has 6 nitrogen and oxygen atoms in total. The second kappa shape index (κ2) is 10.5. The molecule has 0 aliphatic heterocycles. The number of nitrogens with one attached hydrogen (secondary N) is 1. The molecular formula is C22H33NO5. The van der Waals surface area contributed by atoms with E-state index in [0.29, 0.717) is 29.8 Å². The fourth-order valence-electron chi connectivity index (χ4n) is 3.45. The average Bonchev–Trinajstić information content (AvgIpc) is 2.95. The molecule has 1 atom stereocenters. The van der Waals surface area contributed by atoms with Crippen LogP contribution in [-0.4, -0.2) is 37.3 Å². The lowest BCUT2D eigenvalue weighted by Crippen LogP contribution is -2.44. The zero-order valence-corrected chi connectivity index (χ0v) is 17.5. The van der Waals surface area contributed by atoms with Gasteiger partial charge in [0.2, 0.25) is 0 Å². The quantitative estimate of drug-likeness (QED) is 0.513. The van der Waals surface area contributed by atoms with Gasteiger partial charge in [-0.1, -0.05) is 32.6 Å². The molecule has 1 aliphatic rings. The lowest BCUT2D eigenvalue weighted by Gasteiger charge is -2.30. The van der Waals surface area contributed by atoms with E-state index in [2.05, 4.69) is 5.32 Å². The third kappa shape index (κ3) is 5.47. The Kier molecular flexibility index (Phi) is 8.30. The maximum absolute atomic E-state index is 13.0. The summed E-state index contributed by atoms with van der Waals surface area (Å²) in [5, 5.41) is 2.94. The van der Waals surface area contributed by atoms with Crippen LogP contribution in [0.1, 0.15) is 76.1 Å². The highest BCUT2D eigenvalue weighted by molar-refractivity contribution is 5.99. The zero-order valence-electron chi connectivity index (χ0n) is 17.5. The third-order valence-corrected chi connectivity index (χ3v) is 5.35. The summed E-state index contributed by atoms with van der Waals surface area (Å²) >= 11 is 0. The first-order chi connectivity index (χ1) is 13.5. The van der Waals surface area contributed by atoms with Gasteiger partial charge in [-0.2, -0.15) is 0 Å². The molecule has 1 saturated carbocycles. The van der Waals surface area contributed by atoms with Gasteiger partial charge in [-0.05, 0) is 51.3 Å². The minimum atomic E-state index is -0.813. The molecule has 0 aromatic heterocycles. The van der Waals surface area contributed by atoms with E-state index < -0.39 is 11.6 Å². The number of benzene rings is 1. The molecule has 1 fully saturated rings. The average molecular weight is 392 g/mol. The number of anilines is 1. The molecule has 2 rings (SSSR count). The molecule has 28 heavy (non-hydrogen) atoms. The number of carbonyl (C=O) groups excluding carboxylic acids is 2. The Bertz CT molecular complexity index is 665. The van der Waals surface area contributed by atoms with Crippen LogP contribution in [0.4, 0.5) is 5.69 Å². The van der Waals surface area contributed by atoms with E-state index in [0.717, 1.165) is 32.1 Å². The van der Waals surface area contributed by atoms with Crippen molar-refractivity contribution in [2.75, 3.05) is 19.0 Å². The smallest absolute Gasteiger partial charge is 0.341 e. The number of ether oxygens (including phenoxy) is 3. The van der Waals surface area contributed by atoms with Crippen LogP contribution in [0.2, 0.25) is 0 Å². The molecule has 1 unspecified atom stereocenters. The molecule has 0 radical (unpaired) electrons. The van der Waals surface area contributed by atoms with Crippen molar-refractivity contribution in [1.82, 2.24) is 0 Å². The second-order valence-electron chi connectivity index (χ2n) is 7.33. The molecule has 0 heterocycles. The topological polar surface area (TPSA) is 73.9 Å². The van der Waals surface area contributed by atoms with E-state index in [1.54, 1.807) is 32.2 Å². The third-order valence-electron chi connectivity index (χ3n) is 5.35. The highest BCUT2D eigenvalue weighted by Gasteiger charge is 2.38. The number of hydrogen-bond donors (Lipinski definition) is 1. The minimum Gasteiger partial charge on any atom is -0.490 e. The fraction of sp³-hybridized carbons (Fsp3) is 0.636. The van der Waals surface area contributed by atoms with Crippen molar-refractivity contribution >= 4 is 17.6 Å². The Morgan fingerprint density at radius 1 is 1.14 bits per heavy atom. The standard InChI is InChI=1S/C22H33NO5/c1-5-16(3)28-19-12-11-17(15-18(19)20(24)27-6-2)23-21(25)22(26-4)13-9-7-8-10-14-22/h11-12,15-16H,5-10,13-14H2,1-4H3,(H,23,25). The Labute approximate surface area is 167 Å². The van der Waals surface area contributed by atoms with Crippen molar-refractivity contribution in [2.24, 2.45) is 0 Å². The summed E-state index contributed by atoms with van der Waals surface area (Å²) in [5.74, 6) is -0.170. The zero-order chi connectivity index (χ0) is 20.6. The first kappa shape index (κ1) is 22.2. The van der Waals surface area contributed by atoms with Crippen LogP contribution in [-0.2, 0) is 14.3 Å². The predicted octanol–water partition coefficient (Wildman–Crippen LogP) is 4.72. The largest absolute Gasteiger partial charge is 0.490 e. The molecule has 0 saturated heterocycles. The normalized spacial score (nSPS) is 17.3. The van der Waals surface area contributed by atoms with E-state index >= 15 is 0 Å². The molecule has 0 spiro atoms. The minimum absolute atomic E-state index is 0.0311. The SMILES string of the molecule is CCOC(=O)c1cc(NC(=O)C2(OC)CCCCCC2)ccc1OC(C)CC. The number of esters is 1. The van der Waals surface area contributed by atoms with Crippen LogP contribution in [0.5, 0.6) is 5.75 Å². The first-order valence-electron chi connectivity index (χ1n) is 10.3. The second-order valence-corrected chi connectivity index (χ2v) is 7.33. The summed E-state index contributed by atoms with van der Waals surface area (Å²) in [6, 6.07) is 5.08. The van der Waals surface area contributed by atoms with Gasteiger partial charge >= 0.3 is 5.97 Å². The first-order valence-corrected chi connectivity index (χ1v) is 10.3. The molecule has 1 aliphatic carbocycles. The Hall–Kier alpha value is -2.08. The van der Waals surface area contributed by atoms with Crippen LogP contribution in [0.25, 0.3) is 0 Å². The van der Waals surface area contributed by atoms with Gasteiger partial charge in [-0.15, -0.1) is 0 Å². The predicted molar refractivity (Wildman–Crippen MR) is 109 cm³/mol. The summed E-state index contributed by atoms with van der Waals surface area (Å²) in [7, 11) is 1.60. The summed E-state index contributed by atoms with van der Waals surface area (Å²) in [6.07, 6.45) is 6.37. The molecular weight excluding hydrogens is 358 g/mol. The van der Waals surface area contributed by atoms with Gasteiger partial charge in [0.1, 0.15) is 16.9 Å². The van der Waals surface area contributed by atoms with E-state index in [-0.39, 0.29) is 18.6 Å². The Balaban J connectivity index is 2.25. The van der Waals surface area contributed by atoms with Crippen LogP contribution >= 0.6 is 0 Å². The summed E-state index contributed by atoms with van der Waals surface area (Å²) in [4.78, 5) is 25.4. The molecule has 156 valence electrons. The van der Waals surface area contributed by atoms with Crippen molar-refractivity contribution in [3.63, 3.8) is 0 Å². The molecule has 6 heteroatoms. The summed E-state index contributed by atoms with van der Waals surface area (Å²) in [6.45, 7) is 5.98. The number of methoxy groups -OCH3 is 1. The van der Waals surface area contributed by atoms with Gasteiger partial charge in [-0.3, -0.25) is 4.79 Å². The van der Waals surface area contributed by atoms with Crippen molar-refractivity contribution in [1.29, 1.82) is 0 Å². The molecule has 0 bridgehead atoms. The Morgan fingerprint density at radius 2 is 1.82 bits per heavy atom. The van der Waals surface area contributed by atoms with Crippen LogP contribution < -0.4 is 10.1 Å². The Morgan fingerprint density at radius 3 is 2.39 bits per heavy atom. The van der Waals surface area contributed by atoms with Gasteiger partial charge in [-0.25, -0.2) is 4.79 Å². The highest BCUT2D eigenvalue weighted by Crippen LogP contribution is 2.32. The maximum atomic E-state index is 13.0. The number of rotatable bonds is 8. The van der Waals surface area contributed by atoms with Gasteiger partial charge in [0, 0.05) is 12.8 Å². The van der Waals surface area contributed by atoms with Crippen molar-refractivity contribution < 1.29 is 23.8 Å². The van der Waals surface area contributed by atoms with Crippen LogP contribution in [0.3, 0.4) is 0 Å². The molecule has 1 aromatic rings. The van der Waals surface area contributed by atoms with Crippen LogP contribution in [0, 0.1) is 0 Å². The van der Waals surface area contributed by atoms with Gasteiger partial charge in [0.25, 0.3) is 5.91 Å². The maximum Gasteiger partial charge on any atom is 0.341 e. The number of hydrogen-bond acceptors (Lipinski definition) is 5. The van der Waals surface area contributed by atoms with E-state index in [4.69, 9.17) is 14.2 Å². The van der Waals surface area contributed by atoms with Crippen molar-refractivity contribution in [2.45, 2.75) is 77.4 Å². The molecule has 1 amide bonds. The number of carbonyl (C=O) groups is 2. The lowest BCUT2D eigenvalue weighted by molar-refractivity contribution is -0.139. The van der Waals surface area contributed by atoms with E-state index in [1.165, 1.54) is 0 Å². The summed E-state index contributed by atoms with van der Waals surface area (Å²) < 4.78 is 16.7. The molecule has 1 N–H and O–H groups in total. The monoisotopic (exact) mass is 391 g/mol. The highest BCUT2D eigenvalue weighted by atomic mass is 16.5. The summed E-state index contributed by atoms with van der Waals surface area (Å²) in [5.41, 5.74) is 0.0319. The van der Waals surface area contributed by atoms with Crippen molar-refractivity contribution in [3.05, 3.63) is 23.8 Å².